The Morgan fingerprint density at radius 3 is 2.39 bits per heavy atom. The van der Waals surface area contributed by atoms with Crippen molar-refractivity contribution < 1.29 is 20.9 Å². The molecule has 0 bridgehead atoms. The molecule has 4 aromatic rings. The highest BCUT2D eigenvalue weighted by Gasteiger charge is 2.19. The molecule has 196 valence electrons. The number of hydrogen-bond acceptors (Lipinski definition) is 5. The third kappa shape index (κ3) is 7.78. The van der Waals surface area contributed by atoms with Gasteiger partial charge in [0.2, 0.25) is 5.91 Å². The maximum Gasteiger partial charge on any atom is 0.254 e. The summed E-state index contributed by atoms with van der Waals surface area (Å²) in [6, 6.07) is 26.5. The highest BCUT2D eigenvalue weighted by Crippen LogP contribution is 2.25. The van der Waals surface area contributed by atoms with Gasteiger partial charge in [-0.2, -0.15) is 11.3 Å². The average molecular weight is 530 g/mol. The van der Waals surface area contributed by atoms with Crippen LogP contribution in [0.5, 0.6) is 5.75 Å². The molecule has 3 aromatic carbocycles. The lowest BCUT2D eigenvalue weighted by Crippen LogP contribution is -2.30. The summed E-state index contributed by atoms with van der Waals surface area (Å²) in [5, 5.41) is 12.7. The van der Waals surface area contributed by atoms with E-state index >= 15 is 0 Å². The van der Waals surface area contributed by atoms with Gasteiger partial charge in [-0.05, 0) is 71.0 Å². The predicted molar refractivity (Wildman–Crippen MR) is 150 cm³/mol. The monoisotopic (exact) mass is 529 g/mol. The summed E-state index contributed by atoms with van der Waals surface area (Å²) in [4.78, 5) is 26.5. The maximum atomic E-state index is 13.8. The molecule has 0 aliphatic rings. The van der Waals surface area contributed by atoms with Crippen molar-refractivity contribution in [2.24, 2.45) is 0 Å². The fourth-order valence-electron chi connectivity index (χ4n) is 4.06. The van der Waals surface area contributed by atoms with Gasteiger partial charge in [-0.25, -0.2) is 5.48 Å². The van der Waals surface area contributed by atoms with Gasteiger partial charge >= 0.3 is 0 Å². The van der Waals surface area contributed by atoms with Crippen LogP contribution in [-0.4, -0.2) is 28.5 Å². The molecule has 0 fully saturated rings. The lowest BCUT2D eigenvalue weighted by atomic mass is 10.1. The molecular formula is C31H32N2O4S. The van der Waals surface area contributed by atoms with Gasteiger partial charge in [-0.1, -0.05) is 60.7 Å². The summed E-state index contributed by atoms with van der Waals surface area (Å²) in [5.41, 5.74) is 5.86. The lowest BCUT2D eigenvalue weighted by Gasteiger charge is -2.24. The Morgan fingerprint density at radius 1 is 0.895 bits per heavy atom. The second-order valence-corrected chi connectivity index (χ2v) is 9.64. The zero-order valence-electron chi connectivity index (χ0n) is 22.1. The molecule has 1 aromatic heterocycles. The second kappa shape index (κ2) is 14.1. The van der Waals surface area contributed by atoms with Crippen molar-refractivity contribution in [2.75, 3.05) is 6.61 Å². The molecule has 4 rings (SSSR count). The van der Waals surface area contributed by atoms with E-state index in [1.807, 2.05) is 90.3 Å². The number of ether oxygens (including phenoxy) is 1. The van der Waals surface area contributed by atoms with Gasteiger partial charge in [0.15, 0.2) is 0 Å². The summed E-state index contributed by atoms with van der Waals surface area (Å²) in [7, 11) is 0. The van der Waals surface area contributed by atoms with E-state index in [4.69, 9.17) is 11.3 Å². The molecule has 0 radical (unpaired) electrons. The van der Waals surface area contributed by atoms with Crippen molar-refractivity contribution in [3.63, 3.8) is 0 Å². The highest BCUT2D eigenvalue weighted by molar-refractivity contribution is 7.08. The summed E-state index contributed by atoms with van der Waals surface area (Å²) in [6.07, 6.45) is 2.45. The summed E-state index contributed by atoms with van der Waals surface area (Å²) in [5.74, 6) is 0.0413. The number of hydrogen-bond donors (Lipinski definition) is 2. The first-order valence-corrected chi connectivity index (χ1v) is 13.6. The van der Waals surface area contributed by atoms with Gasteiger partial charge < -0.3 is 9.64 Å². The van der Waals surface area contributed by atoms with E-state index < -0.39 is 12.4 Å². The Kier molecular flexibility index (Phi) is 9.55. The van der Waals surface area contributed by atoms with Crippen LogP contribution >= 0.6 is 11.3 Å². The molecule has 1 unspecified atom stereocenters. The molecule has 2 N–H and O–H groups in total. The molecule has 6 nitrogen and oxygen atoms in total. The molecule has 0 aliphatic heterocycles. The average Bonchev–Trinajstić information content (AvgIpc) is 3.53. The fourth-order valence-corrected chi connectivity index (χ4v) is 4.72. The van der Waals surface area contributed by atoms with Crippen molar-refractivity contribution in [3.05, 3.63) is 112 Å². The van der Waals surface area contributed by atoms with Gasteiger partial charge in [-0.15, -0.1) is 0 Å². The molecule has 0 saturated carbocycles. The normalized spacial score (nSPS) is 11.9. The minimum absolute atomic E-state index is 0.209. The van der Waals surface area contributed by atoms with E-state index in [0.717, 1.165) is 35.1 Å². The Labute approximate surface area is 228 Å². The Morgan fingerprint density at radius 2 is 1.66 bits per heavy atom. The largest absolute Gasteiger partial charge is 0.493 e. The first kappa shape index (κ1) is 25.7. The van der Waals surface area contributed by atoms with Crippen molar-refractivity contribution in [1.29, 1.82) is 0 Å². The SMILES string of the molecule is [2H]C(c1ccccc1)N(Cc1ccccc1OCCCCCC(=O)NO)C(=O)c1ccc(-c2ccsc2)cc1. The first-order valence-electron chi connectivity index (χ1n) is 13.2. The summed E-state index contributed by atoms with van der Waals surface area (Å²) < 4.78 is 15.1. The smallest absolute Gasteiger partial charge is 0.254 e. The number of thiophene rings is 1. The van der Waals surface area contributed by atoms with Crippen LogP contribution in [0.2, 0.25) is 0 Å². The molecule has 1 atom stereocenters. The Hall–Kier alpha value is -3.94. The number of benzene rings is 3. The summed E-state index contributed by atoms with van der Waals surface area (Å²) in [6.45, 7) is -0.235. The molecule has 2 amide bonds. The summed E-state index contributed by atoms with van der Waals surface area (Å²) >= 11 is 1.63. The number of unbranched alkanes of at least 4 members (excludes halogenated alkanes) is 2. The van der Waals surface area contributed by atoms with Crippen LogP contribution in [-0.2, 0) is 17.9 Å². The predicted octanol–water partition coefficient (Wildman–Crippen LogP) is 6.70. The number of carbonyl (C=O) groups excluding carboxylic acids is 2. The number of carbonyl (C=O) groups is 2. The topological polar surface area (TPSA) is 78.9 Å². The van der Waals surface area contributed by atoms with Crippen molar-refractivity contribution in [2.45, 2.75) is 38.7 Å². The molecule has 38 heavy (non-hydrogen) atoms. The number of rotatable bonds is 13. The third-order valence-corrected chi connectivity index (χ3v) is 6.78. The van der Waals surface area contributed by atoms with Gasteiger partial charge in [0.25, 0.3) is 5.91 Å². The number of para-hydroxylation sites is 1. The molecule has 0 saturated heterocycles. The minimum Gasteiger partial charge on any atom is -0.493 e. The quantitative estimate of drug-likeness (QED) is 0.115. The van der Waals surface area contributed by atoms with Crippen LogP contribution in [0.3, 0.4) is 0 Å². The van der Waals surface area contributed by atoms with E-state index in [2.05, 4.69) is 5.38 Å². The van der Waals surface area contributed by atoms with E-state index in [9.17, 15) is 9.59 Å². The Balaban J connectivity index is 1.50. The van der Waals surface area contributed by atoms with E-state index in [0.29, 0.717) is 24.3 Å². The van der Waals surface area contributed by atoms with E-state index in [1.54, 1.807) is 21.7 Å². The van der Waals surface area contributed by atoms with Gasteiger partial charge in [0.05, 0.1) is 7.98 Å². The van der Waals surface area contributed by atoms with Crippen LogP contribution in [0.25, 0.3) is 11.1 Å². The molecule has 0 aliphatic carbocycles. The number of hydroxylamine groups is 1. The first-order chi connectivity index (χ1) is 19.1. The van der Waals surface area contributed by atoms with Crippen LogP contribution in [0.15, 0.2) is 95.7 Å². The third-order valence-electron chi connectivity index (χ3n) is 6.10. The minimum atomic E-state index is -0.902. The highest BCUT2D eigenvalue weighted by atomic mass is 32.1. The zero-order valence-corrected chi connectivity index (χ0v) is 21.9. The van der Waals surface area contributed by atoms with E-state index in [-0.39, 0.29) is 18.9 Å². The molecule has 7 heteroatoms. The number of nitrogens with one attached hydrogen (secondary N) is 1. The maximum absolute atomic E-state index is 13.8. The standard InChI is InChI=1S/C31H32N2O4S/c34-30(32-36)13-5-2-8-19-37-29-12-7-6-11-27(29)22-33(21-24-9-3-1-4-10-24)31(35)26-16-14-25(15-17-26)28-18-20-38-23-28/h1,3-4,6-7,9-12,14-18,20,23,36H,2,5,8,13,19,21-22H2,(H,32,34)/i21D. The molecule has 0 spiro atoms. The lowest BCUT2D eigenvalue weighted by molar-refractivity contribution is -0.129. The van der Waals surface area contributed by atoms with Gasteiger partial charge in [0.1, 0.15) is 5.75 Å². The number of nitrogens with zero attached hydrogens (tertiary/aromatic N) is 1. The van der Waals surface area contributed by atoms with Crippen molar-refractivity contribution in [3.8, 4) is 16.9 Å². The zero-order chi connectivity index (χ0) is 27.5. The van der Waals surface area contributed by atoms with Crippen molar-refractivity contribution >= 4 is 23.2 Å². The van der Waals surface area contributed by atoms with E-state index in [1.165, 1.54) is 0 Å². The van der Waals surface area contributed by atoms with Crippen molar-refractivity contribution in [1.82, 2.24) is 10.4 Å². The van der Waals surface area contributed by atoms with Crippen LogP contribution in [0.1, 0.15) is 48.5 Å². The molecule has 1 heterocycles. The van der Waals surface area contributed by atoms with Crippen LogP contribution < -0.4 is 10.2 Å². The fraction of sp³-hybridized carbons (Fsp3) is 0.226. The van der Waals surface area contributed by atoms with Crippen LogP contribution in [0, 0.1) is 0 Å². The molecular weight excluding hydrogens is 496 g/mol. The Bertz CT molecular complexity index is 1330. The van der Waals surface area contributed by atoms with Crippen LogP contribution in [0.4, 0.5) is 0 Å². The van der Waals surface area contributed by atoms with Gasteiger partial charge in [-0.3, -0.25) is 14.8 Å². The second-order valence-electron chi connectivity index (χ2n) is 8.86. The van der Waals surface area contributed by atoms with Gasteiger partial charge in [0, 0.05) is 30.6 Å². The number of amides is 2.